The molecule has 1 aliphatic rings. The van der Waals surface area contributed by atoms with Gasteiger partial charge in [0.25, 0.3) is 0 Å². The number of hydrogen-bond acceptors (Lipinski definition) is 1. The molecule has 2 aromatic rings. The fourth-order valence-electron chi connectivity index (χ4n) is 2.45. The lowest BCUT2D eigenvalue weighted by atomic mass is 10.0. The van der Waals surface area contributed by atoms with Crippen LogP contribution in [0.5, 0.6) is 0 Å². The van der Waals surface area contributed by atoms with E-state index in [2.05, 4.69) is 9.55 Å². The monoisotopic (exact) mass is 230 g/mol. The Balaban J connectivity index is 1.85. The van der Waals surface area contributed by atoms with Crippen LogP contribution in [-0.2, 0) is 19.4 Å². The Morgan fingerprint density at radius 1 is 1.12 bits per heavy atom. The van der Waals surface area contributed by atoms with Crippen molar-refractivity contribution in [3.63, 3.8) is 0 Å². The average molecular weight is 230 g/mol. The van der Waals surface area contributed by atoms with Crippen LogP contribution < -0.4 is 0 Å². The van der Waals surface area contributed by atoms with E-state index < -0.39 is 0 Å². The molecule has 0 radical (unpaired) electrons. The van der Waals surface area contributed by atoms with Gasteiger partial charge in [-0.05, 0) is 43.4 Å². The highest BCUT2D eigenvalue weighted by molar-refractivity contribution is 5.21. The lowest BCUT2D eigenvalue weighted by Crippen LogP contribution is -2.08. The van der Waals surface area contributed by atoms with Crippen LogP contribution in [0.25, 0.3) is 0 Å². The zero-order valence-corrected chi connectivity index (χ0v) is 9.69. The summed E-state index contributed by atoms with van der Waals surface area (Å²) in [6, 6.07) is 6.70. The maximum absolute atomic E-state index is 12.8. The highest BCUT2D eigenvalue weighted by Crippen LogP contribution is 2.20. The van der Waals surface area contributed by atoms with Crippen molar-refractivity contribution in [2.45, 2.75) is 32.2 Å². The molecule has 3 rings (SSSR count). The smallest absolute Gasteiger partial charge is 0.123 e. The highest BCUT2D eigenvalue weighted by atomic mass is 19.1. The van der Waals surface area contributed by atoms with E-state index in [1.807, 2.05) is 18.5 Å². The van der Waals surface area contributed by atoms with Crippen molar-refractivity contribution in [2.75, 3.05) is 0 Å². The molecule has 88 valence electrons. The lowest BCUT2D eigenvalue weighted by Gasteiger charge is -2.14. The first-order valence-corrected chi connectivity index (χ1v) is 6.10. The number of nitrogens with zero attached hydrogens (tertiary/aromatic N) is 2. The fraction of sp³-hybridized carbons (Fsp3) is 0.357. The van der Waals surface area contributed by atoms with E-state index >= 15 is 0 Å². The van der Waals surface area contributed by atoms with Crippen LogP contribution in [0.4, 0.5) is 4.39 Å². The first kappa shape index (κ1) is 10.5. The van der Waals surface area contributed by atoms with Crippen LogP contribution in [0.1, 0.15) is 29.8 Å². The number of hydrogen-bond donors (Lipinski definition) is 0. The normalized spacial score (nSPS) is 14.6. The predicted octanol–water partition coefficient (Wildman–Crippen LogP) is 2.95. The summed E-state index contributed by atoms with van der Waals surface area (Å²) in [6.45, 7) is 0.794. The maximum Gasteiger partial charge on any atom is 0.123 e. The number of halogens is 1. The van der Waals surface area contributed by atoms with Crippen molar-refractivity contribution < 1.29 is 4.39 Å². The molecular formula is C14H15FN2. The van der Waals surface area contributed by atoms with Gasteiger partial charge in [0.2, 0.25) is 0 Å². The highest BCUT2D eigenvalue weighted by Gasteiger charge is 2.14. The Bertz CT molecular complexity index is 514. The van der Waals surface area contributed by atoms with E-state index in [0.717, 1.165) is 24.9 Å². The van der Waals surface area contributed by atoms with Crippen LogP contribution in [-0.4, -0.2) is 9.55 Å². The predicted molar refractivity (Wildman–Crippen MR) is 64.4 cm³/mol. The van der Waals surface area contributed by atoms with Crippen molar-refractivity contribution in [1.29, 1.82) is 0 Å². The third-order valence-electron chi connectivity index (χ3n) is 3.38. The number of aryl methyl sites for hydroxylation is 1. The van der Waals surface area contributed by atoms with Gasteiger partial charge in [0.1, 0.15) is 5.82 Å². The summed E-state index contributed by atoms with van der Waals surface area (Å²) in [4.78, 5) is 4.46. The minimum atomic E-state index is -0.179. The largest absolute Gasteiger partial charge is 0.330 e. The van der Waals surface area contributed by atoms with Crippen LogP contribution in [0, 0.1) is 5.82 Å². The van der Waals surface area contributed by atoms with Crippen LogP contribution in [0.3, 0.4) is 0 Å². The van der Waals surface area contributed by atoms with Crippen LogP contribution >= 0.6 is 0 Å². The number of aromatic nitrogens is 2. The number of imidazole rings is 1. The van der Waals surface area contributed by atoms with E-state index in [1.54, 1.807) is 0 Å². The second-order valence-corrected chi connectivity index (χ2v) is 4.60. The zero-order valence-electron chi connectivity index (χ0n) is 9.69. The van der Waals surface area contributed by atoms with Crippen molar-refractivity contribution in [3.8, 4) is 0 Å². The molecule has 0 unspecified atom stereocenters. The third kappa shape index (κ3) is 2.09. The molecule has 2 nitrogen and oxygen atoms in total. The van der Waals surface area contributed by atoms with Gasteiger partial charge in [-0.2, -0.15) is 0 Å². The minimum Gasteiger partial charge on any atom is -0.330 e. The lowest BCUT2D eigenvalue weighted by molar-refractivity contribution is 0.620. The molecule has 17 heavy (non-hydrogen) atoms. The van der Waals surface area contributed by atoms with Crippen molar-refractivity contribution >= 4 is 0 Å². The number of rotatable bonds is 2. The van der Waals surface area contributed by atoms with E-state index in [-0.39, 0.29) is 5.82 Å². The quantitative estimate of drug-likeness (QED) is 0.775. The number of fused-ring (bicyclic) bond motifs is 1. The molecule has 0 amide bonds. The van der Waals surface area contributed by atoms with E-state index in [0.29, 0.717) is 0 Å². The SMILES string of the molecule is Fc1ccc(Cn2cnc3c2CCCC3)cc1. The molecule has 0 fully saturated rings. The molecular weight excluding hydrogens is 215 g/mol. The second-order valence-electron chi connectivity index (χ2n) is 4.60. The molecule has 3 heteroatoms. The van der Waals surface area contributed by atoms with Crippen LogP contribution in [0.2, 0.25) is 0 Å². The summed E-state index contributed by atoms with van der Waals surface area (Å²) < 4.78 is 15.0. The molecule has 0 spiro atoms. The molecule has 1 aromatic heterocycles. The van der Waals surface area contributed by atoms with Gasteiger partial charge in [-0.1, -0.05) is 12.1 Å². The van der Waals surface area contributed by atoms with Crippen molar-refractivity contribution in [3.05, 3.63) is 53.4 Å². The van der Waals surface area contributed by atoms with Gasteiger partial charge in [-0.3, -0.25) is 0 Å². The summed E-state index contributed by atoms with van der Waals surface area (Å²) in [7, 11) is 0. The fourth-order valence-corrected chi connectivity index (χ4v) is 2.45. The molecule has 0 bridgehead atoms. The van der Waals surface area contributed by atoms with Crippen molar-refractivity contribution in [2.24, 2.45) is 0 Å². The van der Waals surface area contributed by atoms with Gasteiger partial charge in [0.15, 0.2) is 0 Å². The molecule has 0 saturated heterocycles. The standard InChI is InChI=1S/C14H15FN2/c15-12-7-5-11(6-8-12)9-17-10-16-13-3-1-2-4-14(13)17/h5-8,10H,1-4,9H2. The van der Waals surface area contributed by atoms with Gasteiger partial charge < -0.3 is 4.57 Å². The van der Waals surface area contributed by atoms with E-state index in [9.17, 15) is 4.39 Å². The Morgan fingerprint density at radius 2 is 1.88 bits per heavy atom. The van der Waals surface area contributed by atoms with Gasteiger partial charge in [0, 0.05) is 12.2 Å². The van der Waals surface area contributed by atoms with E-state index in [1.165, 1.54) is 36.4 Å². The first-order chi connectivity index (χ1) is 8.33. The first-order valence-electron chi connectivity index (χ1n) is 6.10. The molecule has 1 aliphatic carbocycles. The third-order valence-corrected chi connectivity index (χ3v) is 3.38. The molecule has 0 saturated carbocycles. The summed E-state index contributed by atoms with van der Waals surface area (Å²) in [5, 5.41) is 0. The van der Waals surface area contributed by atoms with Gasteiger partial charge in [-0.15, -0.1) is 0 Å². The van der Waals surface area contributed by atoms with Crippen LogP contribution in [0.15, 0.2) is 30.6 Å². The zero-order chi connectivity index (χ0) is 11.7. The Morgan fingerprint density at radius 3 is 2.71 bits per heavy atom. The molecule has 0 aliphatic heterocycles. The van der Waals surface area contributed by atoms with Gasteiger partial charge in [0.05, 0.1) is 12.0 Å². The van der Waals surface area contributed by atoms with Gasteiger partial charge in [-0.25, -0.2) is 9.37 Å². The topological polar surface area (TPSA) is 17.8 Å². The molecule has 1 aromatic carbocycles. The van der Waals surface area contributed by atoms with Gasteiger partial charge >= 0.3 is 0 Å². The second kappa shape index (κ2) is 4.32. The summed E-state index contributed by atoms with van der Waals surface area (Å²) in [5.74, 6) is -0.179. The maximum atomic E-state index is 12.8. The Labute approximate surface area is 100 Å². The molecule has 0 N–H and O–H groups in total. The minimum absolute atomic E-state index is 0.179. The number of benzene rings is 1. The molecule has 0 atom stereocenters. The summed E-state index contributed by atoms with van der Waals surface area (Å²) >= 11 is 0. The Kier molecular flexibility index (Phi) is 2.67. The summed E-state index contributed by atoms with van der Waals surface area (Å²) in [5.41, 5.74) is 3.73. The summed E-state index contributed by atoms with van der Waals surface area (Å²) in [6.07, 6.45) is 6.64. The van der Waals surface area contributed by atoms with Crippen molar-refractivity contribution in [1.82, 2.24) is 9.55 Å². The molecule has 1 heterocycles. The van der Waals surface area contributed by atoms with E-state index in [4.69, 9.17) is 0 Å². The Hall–Kier alpha value is -1.64. The average Bonchev–Trinajstić information content (AvgIpc) is 2.76.